The van der Waals surface area contributed by atoms with Crippen molar-refractivity contribution >= 4 is 29.1 Å². The number of furan rings is 1. The highest BCUT2D eigenvalue weighted by Gasteiger charge is 2.42. The SMILES string of the molecule is Cc1ccc(Sc2ccc([C@H]3[C@H](c4ccccn4)NC(=S)N3C[C@@H]3CCCO3)o2)cc1. The fourth-order valence-electron chi connectivity index (χ4n) is 4.19. The number of thiocarbonyl (C=S) groups is 1. The second-order valence-electron chi connectivity index (χ2n) is 7.99. The number of rotatable bonds is 6. The number of nitrogens with one attached hydrogen (secondary N) is 1. The van der Waals surface area contributed by atoms with Crippen molar-refractivity contribution in [3.05, 3.63) is 77.8 Å². The summed E-state index contributed by atoms with van der Waals surface area (Å²) >= 11 is 7.37. The predicted octanol–water partition coefficient (Wildman–Crippen LogP) is 5.29. The van der Waals surface area contributed by atoms with Gasteiger partial charge in [0.2, 0.25) is 0 Å². The molecule has 0 bridgehead atoms. The molecule has 1 aromatic carbocycles. The van der Waals surface area contributed by atoms with Gasteiger partial charge in [0, 0.05) is 24.2 Å². The minimum Gasteiger partial charge on any atom is -0.452 e. The summed E-state index contributed by atoms with van der Waals surface area (Å²) < 4.78 is 12.3. The fraction of sp³-hybridized carbons (Fsp3) is 0.333. The zero-order chi connectivity index (χ0) is 21.2. The predicted molar refractivity (Wildman–Crippen MR) is 125 cm³/mol. The lowest BCUT2D eigenvalue weighted by molar-refractivity contribution is 0.0812. The third-order valence-electron chi connectivity index (χ3n) is 5.76. The number of aromatic nitrogens is 1. The lowest BCUT2D eigenvalue weighted by Gasteiger charge is -2.28. The van der Waals surface area contributed by atoms with Crippen LogP contribution in [0.5, 0.6) is 0 Å². The van der Waals surface area contributed by atoms with E-state index in [4.69, 9.17) is 21.4 Å². The van der Waals surface area contributed by atoms with Crippen molar-refractivity contribution in [2.45, 2.75) is 47.9 Å². The molecule has 3 aromatic rings. The largest absolute Gasteiger partial charge is 0.452 e. The summed E-state index contributed by atoms with van der Waals surface area (Å²) in [6.07, 6.45) is 4.18. The summed E-state index contributed by atoms with van der Waals surface area (Å²) in [7, 11) is 0. The molecular weight excluding hydrogens is 426 g/mol. The molecule has 1 N–H and O–H groups in total. The fourth-order valence-corrected chi connectivity index (χ4v) is 5.28. The van der Waals surface area contributed by atoms with Gasteiger partial charge in [-0.25, -0.2) is 0 Å². The number of benzene rings is 1. The first-order valence-electron chi connectivity index (χ1n) is 10.6. The second kappa shape index (κ2) is 9.02. The number of nitrogens with zero attached hydrogens (tertiary/aromatic N) is 2. The van der Waals surface area contributed by atoms with Gasteiger partial charge in [-0.1, -0.05) is 35.5 Å². The Morgan fingerprint density at radius 2 is 2.03 bits per heavy atom. The second-order valence-corrected chi connectivity index (χ2v) is 9.45. The van der Waals surface area contributed by atoms with Crippen LogP contribution in [-0.2, 0) is 4.74 Å². The van der Waals surface area contributed by atoms with Crippen LogP contribution in [0.1, 0.15) is 41.9 Å². The summed E-state index contributed by atoms with van der Waals surface area (Å²) in [4.78, 5) is 7.96. The van der Waals surface area contributed by atoms with Crippen molar-refractivity contribution in [2.75, 3.05) is 13.2 Å². The van der Waals surface area contributed by atoms with Crippen molar-refractivity contribution in [3.63, 3.8) is 0 Å². The standard InChI is InChI=1S/C24H25N3O2S2/c1-16-7-9-18(10-8-16)31-21-12-11-20(29-21)23-22(19-6-2-3-13-25-19)26-24(30)27(23)15-17-5-4-14-28-17/h2-3,6-13,17,22-23H,4-5,14-15H2,1H3,(H,26,30)/t17-,22-,23-/m0/s1. The van der Waals surface area contributed by atoms with Crippen molar-refractivity contribution in [1.82, 2.24) is 15.2 Å². The first-order chi connectivity index (χ1) is 15.2. The lowest BCUT2D eigenvalue weighted by Crippen LogP contribution is -2.36. The molecule has 4 heterocycles. The highest BCUT2D eigenvalue weighted by atomic mass is 32.2. The third-order valence-corrected chi connectivity index (χ3v) is 7.04. The van der Waals surface area contributed by atoms with E-state index in [1.165, 1.54) is 5.56 Å². The first-order valence-corrected chi connectivity index (χ1v) is 11.8. The van der Waals surface area contributed by atoms with Gasteiger partial charge in [0.25, 0.3) is 0 Å². The number of hydrogen-bond acceptors (Lipinski definition) is 5. The summed E-state index contributed by atoms with van der Waals surface area (Å²) in [5, 5.41) is 5.07. The molecule has 0 unspecified atom stereocenters. The van der Waals surface area contributed by atoms with Crippen LogP contribution in [0.15, 0.2) is 75.2 Å². The molecule has 0 aliphatic carbocycles. The van der Waals surface area contributed by atoms with E-state index < -0.39 is 0 Å². The molecule has 31 heavy (non-hydrogen) atoms. The van der Waals surface area contributed by atoms with Crippen LogP contribution in [-0.4, -0.2) is 34.3 Å². The maximum atomic E-state index is 6.35. The minimum absolute atomic E-state index is 0.0704. The van der Waals surface area contributed by atoms with Gasteiger partial charge in [-0.15, -0.1) is 0 Å². The molecule has 3 atom stereocenters. The molecule has 5 rings (SSSR count). The van der Waals surface area contributed by atoms with Crippen molar-refractivity contribution in [2.24, 2.45) is 0 Å². The van der Waals surface area contributed by atoms with Gasteiger partial charge in [-0.2, -0.15) is 0 Å². The number of hydrogen-bond donors (Lipinski definition) is 1. The van der Waals surface area contributed by atoms with E-state index in [0.717, 1.165) is 52.5 Å². The van der Waals surface area contributed by atoms with Gasteiger partial charge in [0.15, 0.2) is 10.2 Å². The van der Waals surface area contributed by atoms with Gasteiger partial charge in [-0.3, -0.25) is 4.98 Å². The third kappa shape index (κ3) is 4.49. The summed E-state index contributed by atoms with van der Waals surface area (Å²) in [6.45, 7) is 3.67. The lowest BCUT2D eigenvalue weighted by atomic mass is 10.0. The van der Waals surface area contributed by atoms with E-state index in [9.17, 15) is 0 Å². The average molecular weight is 452 g/mol. The van der Waals surface area contributed by atoms with Crippen molar-refractivity contribution in [1.29, 1.82) is 0 Å². The van der Waals surface area contributed by atoms with E-state index in [0.29, 0.717) is 0 Å². The van der Waals surface area contributed by atoms with Crippen LogP contribution in [0.2, 0.25) is 0 Å². The van der Waals surface area contributed by atoms with Crippen LogP contribution in [0.3, 0.4) is 0 Å². The van der Waals surface area contributed by atoms with E-state index in [-0.39, 0.29) is 18.2 Å². The Morgan fingerprint density at radius 1 is 1.16 bits per heavy atom. The number of ether oxygens (including phenoxy) is 1. The maximum absolute atomic E-state index is 6.35. The summed E-state index contributed by atoms with van der Waals surface area (Å²) in [6, 6.07) is 18.4. The molecule has 2 saturated heterocycles. The molecule has 2 aromatic heterocycles. The molecule has 2 fully saturated rings. The van der Waals surface area contributed by atoms with Crippen LogP contribution in [0, 0.1) is 6.92 Å². The molecule has 2 aliphatic heterocycles. The molecule has 2 aliphatic rings. The zero-order valence-corrected chi connectivity index (χ0v) is 19.0. The smallest absolute Gasteiger partial charge is 0.170 e. The van der Waals surface area contributed by atoms with E-state index in [1.54, 1.807) is 11.8 Å². The highest BCUT2D eigenvalue weighted by Crippen LogP contribution is 2.41. The van der Waals surface area contributed by atoms with Crippen LogP contribution >= 0.6 is 24.0 Å². The summed E-state index contributed by atoms with van der Waals surface area (Å²) in [5.41, 5.74) is 2.20. The Labute approximate surface area is 192 Å². The molecule has 0 amide bonds. The van der Waals surface area contributed by atoms with Gasteiger partial charge in [0.1, 0.15) is 11.8 Å². The molecule has 5 nitrogen and oxygen atoms in total. The molecule has 160 valence electrons. The monoisotopic (exact) mass is 451 g/mol. The topological polar surface area (TPSA) is 50.5 Å². The summed E-state index contributed by atoms with van der Waals surface area (Å²) in [5.74, 6) is 0.885. The van der Waals surface area contributed by atoms with Gasteiger partial charge in [-0.05, 0) is 68.4 Å². The Bertz CT molecular complexity index is 1030. The van der Waals surface area contributed by atoms with Crippen LogP contribution < -0.4 is 5.32 Å². The minimum atomic E-state index is -0.0709. The Balaban J connectivity index is 1.43. The molecule has 0 radical (unpaired) electrons. The molecule has 7 heteroatoms. The van der Waals surface area contributed by atoms with Crippen molar-refractivity contribution < 1.29 is 9.15 Å². The van der Waals surface area contributed by atoms with Gasteiger partial charge in [0.05, 0.1) is 17.8 Å². The Kier molecular flexibility index (Phi) is 5.98. The van der Waals surface area contributed by atoms with E-state index >= 15 is 0 Å². The average Bonchev–Trinajstić information content (AvgIpc) is 3.52. The normalized spacial score (nSPS) is 23.3. The maximum Gasteiger partial charge on any atom is 0.170 e. The quantitative estimate of drug-likeness (QED) is 0.511. The molecule has 0 saturated carbocycles. The Morgan fingerprint density at radius 3 is 2.77 bits per heavy atom. The number of pyridine rings is 1. The van der Waals surface area contributed by atoms with E-state index in [2.05, 4.69) is 52.5 Å². The highest BCUT2D eigenvalue weighted by molar-refractivity contribution is 7.99. The Hall–Kier alpha value is -2.35. The molecular formula is C24H25N3O2S2. The molecule has 0 spiro atoms. The zero-order valence-electron chi connectivity index (χ0n) is 17.4. The number of aryl methyl sites for hydroxylation is 1. The van der Waals surface area contributed by atoms with Crippen molar-refractivity contribution in [3.8, 4) is 0 Å². The van der Waals surface area contributed by atoms with Gasteiger partial charge < -0.3 is 19.4 Å². The van der Waals surface area contributed by atoms with Crippen LogP contribution in [0.4, 0.5) is 0 Å². The van der Waals surface area contributed by atoms with Gasteiger partial charge >= 0.3 is 0 Å². The first kappa shape index (κ1) is 20.5. The van der Waals surface area contributed by atoms with E-state index in [1.807, 2.05) is 30.5 Å². The van der Waals surface area contributed by atoms with Crippen LogP contribution in [0.25, 0.3) is 0 Å².